The molecule has 18 heavy (non-hydrogen) atoms. The van der Waals surface area contributed by atoms with Gasteiger partial charge >= 0.3 is 12.4 Å². The standard InChI is InChI=1S/C9H6ClF6NO/c10-5-2-3(8(11,12)13)1-4(6(5)18)7(17)9(14,15)16/h1-2,7,18H,17H2/t7-/m1/s1. The summed E-state index contributed by atoms with van der Waals surface area (Å²) in [5.74, 6) is -1.12. The van der Waals surface area contributed by atoms with Crippen LogP contribution in [0.15, 0.2) is 12.1 Å². The molecule has 0 aliphatic heterocycles. The summed E-state index contributed by atoms with van der Waals surface area (Å²) < 4.78 is 74.1. The molecule has 1 aromatic carbocycles. The van der Waals surface area contributed by atoms with Gasteiger partial charge in [-0.3, -0.25) is 0 Å². The van der Waals surface area contributed by atoms with Gasteiger partial charge in [0.1, 0.15) is 11.8 Å². The van der Waals surface area contributed by atoms with Crippen molar-refractivity contribution in [3.8, 4) is 5.75 Å². The number of aromatic hydroxyl groups is 1. The summed E-state index contributed by atoms with van der Waals surface area (Å²) in [7, 11) is 0. The SMILES string of the molecule is N[C@H](c1cc(C(F)(F)F)cc(Cl)c1O)C(F)(F)F. The van der Waals surface area contributed by atoms with Gasteiger partial charge in [0.15, 0.2) is 0 Å². The van der Waals surface area contributed by atoms with Crippen molar-refractivity contribution in [1.29, 1.82) is 0 Å². The number of phenolic OH excluding ortho intramolecular Hbond substituents is 1. The molecule has 1 atom stereocenters. The lowest BCUT2D eigenvalue weighted by Crippen LogP contribution is -2.29. The van der Waals surface area contributed by atoms with Gasteiger partial charge in [0.05, 0.1) is 10.6 Å². The molecule has 0 bridgehead atoms. The van der Waals surface area contributed by atoms with E-state index in [4.69, 9.17) is 17.3 Å². The number of phenols is 1. The summed E-state index contributed by atoms with van der Waals surface area (Å²) in [5.41, 5.74) is 2.20. The predicted octanol–water partition coefficient (Wildman–Crippen LogP) is 3.63. The number of nitrogens with two attached hydrogens (primary N) is 1. The summed E-state index contributed by atoms with van der Waals surface area (Å²) in [4.78, 5) is 0. The lowest BCUT2D eigenvalue weighted by molar-refractivity contribution is -0.150. The maximum absolute atomic E-state index is 12.4. The molecule has 1 aromatic rings. The highest BCUT2D eigenvalue weighted by atomic mass is 35.5. The van der Waals surface area contributed by atoms with Crippen LogP contribution in [0.4, 0.5) is 26.3 Å². The Bertz CT molecular complexity index is 456. The van der Waals surface area contributed by atoms with E-state index < -0.39 is 40.3 Å². The van der Waals surface area contributed by atoms with Crippen LogP contribution in [0.2, 0.25) is 5.02 Å². The van der Waals surface area contributed by atoms with E-state index in [0.29, 0.717) is 6.07 Å². The second-order valence-corrected chi connectivity index (χ2v) is 3.82. The van der Waals surface area contributed by atoms with Crippen molar-refractivity contribution >= 4 is 11.6 Å². The second kappa shape index (κ2) is 4.51. The van der Waals surface area contributed by atoms with Crippen LogP contribution in [0, 0.1) is 0 Å². The third-order valence-electron chi connectivity index (χ3n) is 2.11. The molecule has 102 valence electrons. The fraction of sp³-hybridized carbons (Fsp3) is 0.333. The zero-order chi connectivity index (χ0) is 14.3. The number of alkyl halides is 6. The zero-order valence-corrected chi connectivity index (χ0v) is 9.16. The first-order valence-corrected chi connectivity index (χ1v) is 4.74. The van der Waals surface area contributed by atoms with E-state index in [1.165, 1.54) is 0 Å². The van der Waals surface area contributed by atoms with Crippen LogP contribution < -0.4 is 5.73 Å². The molecular formula is C9H6ClF6NO. The molecule has 0 saturated carbocycles. The van der Waals surface area contributed by atoms with Crippen LogP contribution >= 0.6 is 11.6 Å². The van der Waals surface area contributed by atoms with E-state index in [1.807, 2.05) is 0 Å². The first-order chi connectivity index (χ1) is 7.94. The molecule has 0 aliphatic carbocycles. The van der Waals surface area contributed by atoms with Crippen molar-refractivity contribution < 1.29 is 31.4 Å². The Morgan fingerprint density at radius 1 is 1.11 bits per heavy atom. The number of halogens is 7. The monoisotopic (exact) mass is 293 g/mol. The van der Waals surface area contributed by atoms with E-state index in [9.17, 15) is 31.4 Å². The van der Waals surface area contributed by atoms with Gasteiger partial charge in [-0.05, 0) is 12.1 Å². The Kier molecular flexibility index (Phi) is 3.73. The van der Waals surface area contributed by atoms with Crippen LogP contribution in [-0.4, -0.2) is 11.3 Å². The quantitative estimate of drug-likeness (QED) is 0.777. The smallest absolute Gasteiger partial charge is 0.416 e. The summed E-state index contributed by atoms with van der Waals surface area (Å²) in [5, 5.41) is 8.39. The highest BCUT2D eigenvalue weighted by molar-refractivity contribution is 6.32. The third kappa shape index (κ3) is 2.99. The molecule has 0 amide bonds. The van der Waals surface area contributed by atoms with E-state index in [2.05, 4.69) is 0 Å². The van der Waals surface area contributed by atoms with E-state index in [-0.39, 0.29) is 6.07 Å². The average molecular weight is 294 g/mol. The fourth-order valence-corrected chi connectivity index (χ4v) is 1.42. The Balaban J connectivity index is 3.41. The summed E-state index contributed by atoms with van der Waals surface area (Å²) in [6.07, 6.45) is -9.89. The van der Waals surface area contributed by atoms with Crippen molar-refractivity contribution in [3.63, 3.8) is 0 Å². The van der Waals surface area contributed by atoms with E-state index in [0.717, 1.165) is 0 Å². The topological polar surface area (TPSA) is 46.2 Å². The van der Waals surface area contributed by atoms with Crippen LogP contribution in [0.25, 0.3) is 0 Å². The Morgan fingerprint density at radius 3 is 2.00 bits per heavy atom. The van der Waals surface area contributed by atoms with Gasteiger partial charge in [0, 0.05) is 5.56 Å². The minimum absolute atomic E-state index is 0.124. The van der Waals surface area contributed by atoms with Crippen molar-refractivity contribution in [2.24, 2.45) is 5.73 Å². The number of hydrogen-bond acceptors (Lipinski definition) is 2. The third-order valence-corrected chi connectivity index (χ3v) is 2.40. The molecule has 0 saturated heterocycles. The van der Waals surface area contributed by atoms with Crippen LogP contribution in [0.3, 0.4) is 0 Å². The molecular weight excluding hydrogens is 288 g/mol. The van der Waals surface area contributed by atoms with Crippen molar-refractivity contribution in [1.82, 2.24) is 0 Å². The molecule has 0 aliphatic rings. The highest BCUT2D eigenvalue weighted by Gasteiger charge is 2.41. The van der Waals surface area contributed by atoms with Gasteiger partial charge in [-0.15, -0.1) is 0 Å². The minimum atomic E-state index is -5.00. The van der Waals surface area contributed by atoms with Gasteiger partial charge in [-0.25, -0.2) is 0 Å². The van der Waals surface area contributed by atoms with Gasteiger partial charge < -0.3 is 10.8 Å². The lowest BCUT2D eigenvalue weighted by atomic mass is 10.0. The van der Waals surface area contributed by atoms with Gasteiger partial charge in [0.2, 0.25) is 0 Å². The van der Waals surface area contributed by atoms with Crippen molar-refractivity contribution in [3.05, 3.63) is 28.3 Å². The second-order valence-electron chi connectivity index (χ2n) is 3.41. The molecule has 2 nitrogen and oxygen atoms in total. The molecule has 0 heterocycles. The largest absolute Gasteiger partial charge is 0.506 e. The summed E-state index contributed by atoms with van der Waals surface area (Å²) in [6.45, 7) is 0. The molecule has 1 rings (SSSR count). The maximum Gasteiger partial charge on any atom is 0.416 e. The van der Waals surface area contributed by atoms with E-state index >= 15 is 0 Å². The van der Waals surface area contributed by atoms with E-state index in [1.54, 1.807) is 0 Å². The van der Waals surface area contributed by atoms with Gasteiger partial charge in [-0.2, -0.15) is 26.3 Å². The normalized spacial score (nSPS) is 14.7. The summed E-state index contributed by atoms with van der Waals surface area (Å²) >= 11 is 5.25. The molecule has 0 fully saturated rings. The number of benzene rings is 1. The van der Waals surface area contributed by atoms with Gasteiger partial charge in [0.25, 0.3) is 0 Å². The lowest BCUT2D eigenvalue weighted by Gasteiger charge is -2.19. The Hall–Kier alpha value is -1.15. The molecule has 0 spiro atoms. The molecule has 9 heteroatoms. The summed E-state index contributed by atoms with van der Waals surface area (Å²) in [6, 6.07) is -2.31. The Labute approximate surface area is 102 Å². The molecule has 3 N–H and O–H groups in total. The minimum Gasteiger partial charge on any atom is -0.506 e. The van der Waals surface area contributed by atoms with Crippen LogP contribution in [-0.2, 0) is 6.18 Å². The van der Waals surface area contributed by atoms with Gasteiger partial charge in [-0.1, -0.05) is 11.6 Å². The first-order valence-electron chi connectivity index (χ1n) is 4.36. The number of rotatable bonds is 1. The van der Waals surface area contributed by atoms with Crippen LogP contribution in [0.1, 0.15) is 17.2 Å². The van der Waals surface area contributed by atoms with Crippen LogP contribution in [0.5, 0.6) is 5.75 Å². The van der Waals surface area contributed by atoms with Crippen molar-refractivity contribution in [2.45, 2.75) is 18.4 Å². The maximum atomic E-state index is 12.4. The molecule has 0 radical (unpaired) electrons. The molecule has 0 aromatic heterocycles. The predicted molar refractivity (Wildman–Crippen MR) is 51.1 cm³/mol. The first kappa shape index (κ1) is 14.9. The number of hydrogen-bond donors (Lipinski definition) is 2. The zero-order valence-electron chi connectivity index (χ0n) is 8.40. The molecule has 0 unspecified atom stereocenters. The fourth-order valence-electron chi connectivity index (χ4n) is 1.20. The highest BCUT2D eigenvalue weighted by Crippen LogP contribution is 2.42. The average Bonchev–Trinajstić information content (AvgIpc) is 2.17. The van der Waals surface area contributed by atoms with Crippen molar-refractivity contribution in [2.75, 3.05) is 0 Å². The Morgan fingerprint density at radius 2 is 1.61 bits per heavy atom.